The van der Waals surface area contributed by atoms with Crippen molar-refractivity contribution in [3.63, 3.8) is 0 Å². The molecule has 2 amide bonds. The summed E-state index contributed by atoms with van der Waals surface area (Å²) in [6.45, 7) is 0.963. The lowest BCUT2D eigenvalue weighted by atomic mass is 9.83. The van der Waals surface area contributed by atoms with E-state index < -0.39 is 6.10 Å². The molecule has 3 rings (SSSR count). The minimum absolute atomic E-state index is 0.0898. The molecule has 2 fully saturated rings. The number of aliphatic hydroxyl groups is 1. The Morgan fingerprint density at radius 1 is 1.26 bits per heavy atom. The van der Waals surface area contributed by atoms with E-state index in [0.29, 0.717) is 12.1 Å². The van der Waals surface area contributed by atoms with Gasteiger partial charge >= 0.3 is 6.03 Å². The van der Waals surface area contributed by atoms with Crippen LogP contribution in [0.25, 0.3) is 0 Å². The number of halogens is 1. The molecule has 1 atom stereocenters. The van der Waals surface area contributed by atoms with E-state index >= 15 is 0 Å². The number of aliphatic hydroxyl groups excluding tert-OH is 1. The number of amides is 2. The summed E-state index contributed by atoms with van der Waals surface area (Å²) >= 11 is 0. The highest BCUT2D eigenvalue weighted by molar-refractivity contribution is 5.75. The molecule has 4 nitrogen and oxygen atoms in total. The van der Waals surface area contributed by atoms with Crippen LogP contribution in [0.4, 0.5) is 9.18 Å². The highest BCUT2D eigenvalue weighted by Crippen LogP contribution is 2.30. The minimum atomic E-state index is -0.784. The summed E-state index contributed by atoms with van der Waals surface area (Å²) in [6, 6.07) is 5.94. The van der Waals surface area contributed by atoms with Crippen molar-refractivity contribution in [2.45, 2.75) is 50.7 Å². The number of nitrogens with one attached hydrogen (secondary N) is 1. The van der Waals surface area contributed by atoms with Crippen molar-refractivity contribution in [3.05, 3.63) is 35.6 Å². The predicted octanol–water partition coefficient (Wildman–Crippen LogP) is 3.22. The van der Waals surface area contributed by atoms with Crippen LogP contribution in [0.2, 0.25) is 0 Å². The maximum absolute atomic E-state index is 13.0. The van der Waals surface area contributed by atoms with E-state index in [1.54, 1.807) is 17.0 Å². The third-order valence-electron chi connectivity index (χ3n) is 4.93. The molecule has 0 heterocycles. The molecule has 0 bridgehead atoms. The van der Waals surface area contributed by atoms with Crippen molar-refractivity contribution < 1.29 is 14.3 Å². The molecule has 2 aliphatic rings. The Hall–Kier alpha value is -1.62. The molecule has 5 heteroatoms. The quantitative estimate of drug-likeness (QED) is 0.810. The number of rotatable bonds is 7. The molecule has 2 saturated carbocycles. The van der Waals surface area contributed by atoms with Gasteiger partial charge in [-0.3, -0.25) is 0 Å². The van der Waals surface area contributed by atoms with Crippen molar-refractivity contribution in [2.75, 3.05) is 13.1 Å². The van der Waals surface area contributed by atoms with Gasteiger partial charge in [0.2, 0.25) is 0 Å². The van der Waals surface area contributed by atoms with Gasteiger partial charge in [-0.1, -0.05) is 31.4 Å². The van der Waals surface area contributed by atoms with Crippen LogP contribution in [0.5, 0.6) is 0 Å². The lowest BCUT2D eigenvalue weighted by molar-refractivity contribution is 0.117. The van der Waals surface area contributed by atoms with Gasteiger partial charge in [0, 0.05) is 12.6 Å². The standard InChI is InChI=1S/C18H25FN2O2/c19-15-6-4-14(5-7-15)17(22)12-21(16-8-9-16)18(23)20-11-10-13-2-1-3-13/h4-7,13,16-17,22H,1-3,8-12H2,(H,20,23). The van der Waals surface area contributed by atoms with Gasteiger partial charge in [-0.15, -0.1) is 0 Å². The summed E-state index contributed by atoms with van der Waals surface area (Å²) in [5.74, 6) is 0.447. The van der Waals surface area contributed by atoms with Crippen LogP contribution in [-0.4, -0.2) is 35.2 Å². The van der Waals surface area contributed by atoms with Crippen molar-refractivity contribution in [1.82, 2.24) is 10.2 Å². The Balaban J connectivity index is 1.51. The molecule has 0 saturated heterocycles. The van der Waals surface area contributed by atoms with Gasteiger partial charge in [-0.2, -0.15) is 0 Å². The molecule has 0 radical (unpaired) electrons. The molecule has 2 aliphatic carbocycles. The van der Waals surface area contributed by atoms with E-state index in [2.05, 4.69) is 5.32 Å². The summed E-state index contributed by atoms with van der Waals surface area (Å²) in [6.07, 6.45) is 6.13. The number of carbonyl (C=O) groups excluding carboxylic acids is 1. The van der Waals surface area contributed by atoms with Gasteiger partial charge in [-0.05, 0) is 42.9 Å². The topological polar surface area (TPSA) is 52.6 Å². The first kappa shape index (κ1) is 16.2. The van der Waals surface area contributed by atoms with Gasteiger partial charge in [0.1, 0.15) is 5.82 Å². The van der Waals surface area contributed by atoms with E-state index in [0.717, 1.165) is 25.2 Å². The zero-order valence-corrected chi connectivity index (χ0v) is 13.4. The molecule has 1 unspecified atom stereocenters. The lowest BCUT2D eigenvalue weighted by Gasteiger charge is -2.28. The molecule has 0 spiro atoms. The lowest BCUT2D eigenvalue weighted by Crippen LogP contribution is -2.44. The maximum atomic E-state index is 13.0. The van der Waals surface area contributed by atoms with Gasteiger partial charge in [0.25, 0.3) is 0 Å². The van der Waals surface area contributed by atoms with Crippen LogP contribution in [0.1, 0.15) is 50.2 Å². The molecule has 2 N–H and O–H groups in total. The molecule has 23 heavy (non-hydrogen) atoms. The van der Waals surface area contributed by atoms with Crippen LogP contribution in [0.15, 0.2) is 24.3 Å². The molecular weight excluding hydrogens is 295 g/mol. The first-order chi connectivity index (χ1) is 11.1. The largest absolute Gasteiger partial charge is 0.387 e. The summed E-state index contributed by atoms with van der Waals surface area (Å²) in [5.41, 5.74) is 0.638. The second-order valence-electron chi connectivity index (χ2n) is 6.77. The van der Waals surface area contributed by atoms with E-state index in [1.807, 2.05) is 0 Å². The molecule has 1 aromatic rings. The van der Waals surface area contributed by atoms with Crippen LogP contribution >= 0.6 is 0 Å². The van der Waals surface area contributed by atoms with Gasteiger partial charge in [0.05, 0.1) is 12.6 Å². The number of urea groups is 1. The average molecular weight is 320 g/mol. The Bertz CT molecular complexity index is 526. The molecule has 126 valence electrons. The number of hydrogen-bond acceptors (Lipinski definition) is 2. The SMILES string of the molecule is O=C(NCCC1CCC1)N(CC(O)c1ccc(F)cc1)C1CC1. The summed E-state index contributed by atoms with van der Waals surface area (Å²) in [5, 5.41) is 13.3. The van der Waals surface area contributed by atoms with Gasteiger partial charge < -0.3 is 15.3 Å². The van der Waals surface area contributed by atoms with Crippen LogP contribution in [-0.2, 0) is 0 Å². The third-order valence-corrected chi connectivity index (χ3v) is 4.93. The van der Waals surface area contributed by atoms with E-state index in [9.17, 15) is 14.3 Å². The first-order valence-electron chi connectivity index (χ1n) is 8.61. The fraction of sp³-hybridized carbons (Fsp3) is 0.611. The summed E-state index contributed by atoms with van der Waals surface area (Å²) in [7, 11) is 0. The zero-order chi connectivity index (χ0) is 16.2. The second kappa shape index (κ2) is 7.30. The minimum Gasteiger partial charge on any atom is -0.387 e. The molecule has 0 aliphatic heterocycles. The molecule has 1 aromatic carbocycles. The highest BCUT2D eigenvalue weighted by atomic mass is 19.1. The molecular formula is C18H25FN2O2. The zero-order valence-electron chi connectivity index (χ0n) is 13.4. The summed E-state index contributed by atoms with van der Waals surface area (Å²) < 4.78 is 13.0. The fourth-order valence-corrected chi connectivity index (χ4v) is 3.03. The Morgan fingerprint density at radius 3 is 2.52 bits per heavy atom. The van der Waals surface area contributed by atoms with Crippen molar-refractivity contribution in [3.8, 4) is 0 Å². The van der Waals surface area contributed by atoms with E-state index in [1.165, 1.54) is 31.4 Å². The smallest absolute Gasteiger partial charge is 0.317 e. The van der Waals surface area contributed by atoms with Crippen LogP contribution in [0, 0.1) is 11.7 Å². The van der Waals surface area contributed by atoms with Crippen LogP contribution < -0.4 is 5.32 Å². The normalized spacial score (nSPS) is 19.0. The Labute approximate surface area is 136 Å². The Kier molecular flexibility index (Phi) is 5.16. The van der Waals surface area contributed by atoms with E-state index in [-0.39, 0.29) is 24.4 Å². The Morgan fingerprint density at radius 2 is 1.96 bits per heavy atom. The number of carbonyl (C=O) groups is 1. The van der Waals surface area contributed by atoms with E-state index in [4.69, 9.17) is 0 Å². The van der Waals surface area contributed by atoms with Crippen LogP contribution in [0.3, 0.4) is 0 Å². The second-order valence-corrected chi connectivity index (χ2v) is 6.77. The number of nitrogens with zero attached hydrogens (tertiary/aromatic N) is 1. The maximum Gasteiger partial charge on any atom is 0.317 e. The monoisotopic (exact) mass is 320 g/mol. The number of hydrogen-bond donors (Lipinski definition) is 2. The average Bonchev–Trinajstić information content (AvgIpc) is 3.32. The first-order valence-corrected chi connectivity index (χ1v) is 8.61. The summed E-state index contributed by atoms with van der Waals surface area (Å²) in [4.78, 5) is 14.1. The van der Waals surface area contributed by atoms with Gasteiger partial charge in [-0.25, -0.2) is 9.18 Å². The third kappa shape index (κ3) is 4.44. The fourth-order valence-electron chi connectivity index (χ4n) is 3.03. The predicted molar refractivity (Wildman–Crippen MR) is 86.4 cm³/mol. The molecule has 0 aromatic heterocycles. The number of benzene rings is 1. The van der Waals surface area contributed by atoms with Gasteiger partial charge in [0.15, 0.2) is 0 Å². The van der Waals surface area contributed by atoms with Crippen molar-refractivity contribution >= 4 is 6.03 Å². The highest BCUT2D eigenvalue weighted by Gasteiger charge is 2.34. The van der Waals surface area contributed by atoms with Crippen molar-refractivity contribution in [2.24, 2.45) is 5.92 Å². The van der Waals surface area contributed by atoms with Crippen molar-refractivity contribution in [1.29, 1.82) is 0 Å².